The summed E-state index contributed by atoms with van der Waals surface area (Å²) in [5.74, 6) is 0.504. The first-order chi connectivity index (χ1) is 7.72. The van der Waals surface area contributed by atoms with Gasteiger partial charge in [-0.25, -0.2) is 4.98 Å². The SMILES string of the molecule is Cc1csc(-c2ccc3c(c2)CC(=O)O3)n1. The number of carbonyl (C=O) groups excluding carboxylic acids is 1. The Labute approximate surface area is 96.7 Å². The third kappa shape index (κ3) is 1.51. The van der Waals surface area contributed by atoms with E-state index in [4.69, 9.17) is 4.74 Å². The highest BCUT2D eigenvalue weighted by atomic mass is 32.1. The molecule has 1 aromatic heterocycles. The normalized spacial score (nSPS) is 13.7. The summed E-state index contributed by atoms with van der Waals surface area (Å²) in [6.07, 6.45) is 0.369. The van der Waals surface area contributed by atoms with Gasteiger partial charge < -0.3 is 4.74 Å². The molecule has 0 amide bonds. The van der Waals surface area contributed by atoms with Crippen molar-refractivity contribution in [2.24, 2.45) is 0 Å². The van der Waals surface area contributed by atoms with Gasteiger partial charge in [-0.15, -0.1) is 11.3 Å². The van der Waals surface area contributed by atoms with Crippen molar-refractivity contribution in [3.63, 3.8) is 0 Å². The van der Waals surface area contributed by atoms with Crippen LogP contribution in [0.3, 0.4) is 0 Å². The molecule has 0 aliphatic carbocycles. The van der Waals surface area contributed by atoms with Crippen LogP contribution in [0.2, 0.25) is 0 Å². The van der Waals surface area contributed by atoms with Gasteiger partial charge in [0.05, 0.1) is 6.42 Å². The maximum atomic E-state index is 11.1. The minimum Gasteiger partial charge on any atom is -0.426 e. The Balaban J connectivity index is 2.05. The molecule has 3 nitrogen and oxygen atoms in total. The zero-order valence-electron chi connectivity index (χ0n) is 8.69. The molecule has 1 aliphatic heterocycles. The molecule has 2 aromatic rings. The number of benzene rings is 1. The Morgan fingerprint density at radius 2 is 2.31 bits per heavy atom. The van der Waals surface area contributed by atoms with Crippen LogP contribution in [0.4, 0.5) is 0 Å². The van der Waals surface area contributed by atoms with Gasteiger partial charge >= 0.3 is 5.97 Å². The second-order valence-corrected chi connectivity index (χ2v) is 4.63. The van der Waals surface area contributed by atoms with Gasteiger partial charge in [0.1, 0.15) is 10.8 Å². The smallest absolute Gasteiger partial charge is 0.315 e. The summed E-state index contributed by atoms with van der Waals surface area (Å²) >= 11 is 1.61. The Morgan fingerprint density at radius 3 is 3.06 bits per heavy atom. The number of hydrogen-bond acceptors (Lipinski definition) is 4. The maximum absolute atomic E-state index is 11.1. The number of nitrogens with zero attached hydrogens (tertiary/aromatic N) is 1. The highest BCUT2D eigenvalue weighted by Crippen LogP contribution is 2.32. The molecule has 0 fully saturated rings. The number of aromatic nitrogens is 1. The van der Waals surface area contributed by atoms with Crippen molar-refractivity contribution in [1.29, 1.82) is 0 Å². The van der Waals surface area contributed by atoms with Gasteiger partial charge in [0.15, 0.2) is 0 Å². The second-order valence-electron chi connectivity index (χ2n) is 3.77. The number of hydrogen-bond donors (Lipinski definition) is 0. The molecule has 0 atom stereocenters. The van der Waals surface area contributed by atoms with E-state index in [2.05, 4.69) is 4.98 Å². The second kappa shape index (κ2) is 3.42. The van der Waals surface area contributed by atoms with Crippen LogP contribution in [0.5, 0.6) is 5.75 Å². The van der Waals surface area contributed by atoms with Crippen LogP contribution in [-0.4, -0.2) is 11.0 Å². The number of ether oxygens (including phenoxy) is 1. The van der Waals surface area contributed by atoms with Crippen molar-refractivity contribution >= 4 is 17.3 Å². The van der Waals surface area contributed by atoms with Crippen LogP contribution in [0.1, 0.15) is 11.3 Å². The Bertz CT molecular complexity index is 574. The molecule has 0 bridgehead atoms. The van der Waals surface area contributed by atoms with E-state index in [1.165, 1.54) is 0 Å². The van der Waals surface area contributed by atoms with E-state index in [1.54, 1.807) is 11.3 Å². The molecule has 0 saturated carbocycles. The van der Waals surface area contributed by atoms with Crippen molar-refractivity contribution in [2.45, 2.75) is 13.3 Å². The molecule has 2 heterocycles. The monoisotopic (exact) mass is 231 g/mol. The summed E-state index contributed by atoms with van der Waals surface area (Å²) in [5, 5.41) is 3.00. The number of aryl methyl sites for hydroxylation is 1. The van der Waals surface area contributed by atoms with E-state index in [0.717, 1.165) is 21.8 Å². The van der Waals surface area contributed by atoms with Crippen LogP contribution in [-0.2, 0) is 11.2 Å². The highest BCUT2D eigenvalue weighted by molar-refractivity contribution is 7.13. The zero-order valence-corrected chi connectivity index (χ0v) is 9.50. The number of carbonyl (C=O) groups is 1. The van der Waals surface area contributed by atoms with Crippen molar-refractivity contribution in [3.8, 4) is 16.3 Å². The first kappa shape index (κ1) is 9.54. The number of fused-ring (bicyclic) bond motifs is 1. The van der Waals surface area contributed by atoms with E-state index in [-0.39, 0.29) is 5.97 Å². The predicted molar refractivity (Wildman–Crippen MR) is 61.6 cm³/mol. The molecule has 4 heteroatoms. The average molecular weight is 231 g/mol. The highest BCUT2D eigenvalue weighted by Gasteiger charge is 2.20. The van der Waals surface area contributed by atoms with Crippen LogP contribution in [0.15, 0.2) is 23.6 Å². The maximum Gasteiger partial charge on any atom is 0.315 e. The lowest BCUT2D eigenvalue weighted by atomic mass is 10.1. The number of thiazole rings is 1. The quantitative estimate of drug-likeness (QED) is 0.559. The zero-order chi connectivity index (χ0) is 11.1. The van der Waals surface area contributed by atoms with Crippen LogP contribution >= 0.6 is 11.3 Å². The molecular weight excluding hydrogens is 222 g/mol. The summed E-state index contributed by atoms with van der Waals surface area (Å²) in [6.45, 7) is 1.97. The summed E-state index contributed by atoms with van der Waals surface area (Å²) in [6, 6.07) is 5.76. The lowest BCUT2D eigenvalue weighted by molar-refractivity contribution is -0.131. The molecular formula is C12H9NO2S. The summed E-state index contributed by atoms with van der Waals surface area (Å²) in [5.41, 5.74) is 3.03. The molecule has 0 spiro atoms. The van der Waals surface area contributed by atoms with E-state index in [9.17, 15) is 4.79 Å². The molecule has 1 aliphatic rings. The van der Waals surface area contributed by atoms with Gasteiger partial charge in [-0.3, -0.25) is 4.79 Å². The van der Waals surface area contributed by atoms with E-state index < -0.39 is 0 Å². The average Bonchev–Trinajstić information content (AvgIpc) is 2.81. The van der Waals surface area contributed by atoms with E-state index in [0.29, 0.717) is 12.2 Å². The van der Waals surface area contributed by atoms with Gasteiger partial charge in [-0.1, -0.05) is 0 Å². The van der Waals surface area contributed by atoms with Crippen molar-refractivity contribution < 1.29 is 9.53 Å². The fourth-order valence-corrected chi connectivity index (χ4v) is 2.55. The summed E-state index contributed by atoms with van der Waals surface area (Å²) in [7, 11) is 0. The van der Waals surface area contributed by atoms with Crippen molar-refractivity contribution in [3.05, 3.63) is 34.8 Å². The lowest BCUT2D eigenvalue weighted by Crippen LogP contribution is -1.99. The largest absolute Gasteiger partial charge is 0.426 e. The Hall–Kier alpha value is -1.68. The van der Waals surface area contributed by atoms with Gasteiger partial charge in [0.2, 0.25) is 0 Å². The summed E-state index contributed by atoms with van der Waals surface area (Å²) < 4.78 is 5.05. The number of rotatable bonds is 1. The molecule has 80 valence electrons. The fraction of sp³-hybridized carbons (Fsp3) is 0.167. The number of esters is 1. The molecule has 1 aromatic carbocycles. The van der Waals surface area contributed by atoms with Gasteiger partial charge in [0, 0.05) is 22.2 Å². The van der Waals surface area contributed by atoms with Crippen molar-refractivity contribution in [1.82, 2.24) is 4.98 Å². The van der Waals surface area contributed by atoms with Crippen LogP contribution in [0, 0.1) is 6.92 Å². The fourth-order valence-electron chi connectivity index (χ4n) is 1.75. The van der Waals surface area contributed by atoms with Gasteiger partial charge in [-0.05, 0) is 25.1 Å². The van der Waals surface area contributed by atoms with Gasteiger partial charge in [0.25, 0.3) is 0 Å². The third-order valence-corrected chi connectivity index (χ3v) is 3.49. The van der Waals surface area contributed by atoms with Gasteiger partial charge in [-0.2, -0.15) is 0 Å². The van der Waals surface area contributed by atoms with Crippen LogP contribution in [0.25, 0.3) is 10.6 Å². The van der Waals surface area contributed by atoms with E-state index >= 15 is 0 Å². The molecule has 0 radical (unpaired) electrons. The van der Waals surface area contributed by atoms with E-state index in [1.807, 2.05) is 30.5 Å². The minimum absolute atomic E-state index is 0.178. The summed E-state index contributed by atoms with van der Waals surface area (Å²) in [4.78, 5) is 15.5. The minimum atomic E-state index is -0.178. The molecule has 0 N–H and O–H groups in total. The lowest BCUT2D eigenvalue weighted by Gasteiger charge is -1.99. The molecule has 3 rings (SSSR count). The predicted octanol–water partition coefficient (Wildman–Crippen LogP) is 2.58. The Kier molecular flexibility index (Phi) is 2.04. The first-order valence-corrected chi connectivity index (χ1v) is 5.86. The first-order valence-electron chi connectivity index (χ1n) is 4.98. The topological polar surface area (TPSA) is 39.2 Å². The molecule has 0 unspecified atom stereocenters. The molecule has 16 heavy (non-hydrogen) atoms. The Morgan fingerprint density at radius 1 is 1.44 bits per heavy atom. The van der Waals surface area contributed by atoms with Crippen LogP contribution < -0.4 is 4.74 Å². The standard InChI is InChI=1S/C12H9NO2S/c1-7-6-16-12(13-7)8-2-3-10-9(4-8)5-11(14)15-10/h2-4,6H,5H2,1H3. The third-order valence-electron chi connectivity index (χ3n) is 2.49. The molecule has 0 saturated heterocycles. The van der Waals surface area contributed by atoms with Crippen molar-refractivity contribution in [2.75, 3.05) is 0 Å².